The van der Waals surface area contributed by atoms with Crippen molar-refractivity contribution >= 4 is 11.6 Å². The van der Waals surface area contributed by atoms with Crippen molar-refractivity contribution in [1.29, 1.82) is 0 Å². The number of rotatable bonds is 2. The number of likely N-dealkylation sites (tertiary alicyclic amines) is 1. The van der Waals surface area contributed by atoms with Crippen molar-refractivity contribution < 1.29 is 4.79 Å². The van der Waals surface area contributed by atoms with Crippen molar-refractivity contribution in [3.63, 3.8) is 0 Å². The molecule has 2 aliphatic heterocycles. The van der Waals surface area contributed by atoms with E-state index in [2.05, 4.69) is 24.0 Å². The highest BCUT2D eigenvalue weighted by molar-refractivity contribution is 5.82. The molecule has 2 N–H and O–H groups in total. The van der Waals surface area contributed by atoms with Crippen LogP contribution >= 0.6 is 0 Å². The van der Waals surface area contributed by atoms with Crippen LogP contribution < -0.4 is 10.6 Å². The van der Waals surface area contributed by atoms with Gasteiger partial charge in [-0.15, -0.1) is 0 Å². The quantitative estimate of drug-likeness (QED) is 0.902. The molecular weight excluding hydrogens is 262 g/mol. The van der Waals surface area contributed by atoms with Crippen LogP contribution in [0, 0.1) is 0 Å². The number of hydrogen-bond acceptors (Lipinski definition) is 3. The van der Waals surface area contributed by atoms with Crippen LogP contribution in [0.2, 0.25) is 0 Å². The summed E-state index contributed by atoms with van der Waals surface area (Å²) in [6.45, 7) is 4.29. The van der Waals surface area contributed by atoms with Gasteiger partial charge in [0.25, 0.3) is 0 Å². The van der Waals surface area contributed by atoms with Crippen LogP contribution in [0.4, 0.5) is 5.69 Å². The molecule has 1 fully saturated rings. The fourth-order valence-corrected chi connectivity index (χ4v) is 3.59. The fourth-order valence-electron chi connectivity index (χ4n) is 3.59. The Hall–Kier alpha value is -1.55. The van der Waals surface area contributed by atoms with Gasteiger partial charge in [0.2, 0.25) is 5.91 Å². The van der Waals surface area contributed by atoms with Crippen molar-refractivity contribution in [2.75, 3.05) is 24.5 Å². The van der Waals surface area contributed by atoms with Gasteiger partial charge >= 0.3 is 0 Å². The normalized spacial score (nSPS) is 25.6. The molecule has 2 heterocycles. The minimum absolute atomic E-state index is 0.117. The molecule has 2 atom stereocenters. The third-order valence-electron chi connectivity index (χ3n) is 4.72. The Bertz CT molecular complexity index is 517. The van der Waals surface area contributed by atoms with Gasteiger partial charge in [-0.1, -0.05) is 18.2 Å². The molecule has 0 radical (unpaired) electrons. The van der Waals surface area contributed by atoms with Gasteiger partial charge in [-0.25, -0.2) is 0 Å². The van der Waals surface area contributed by atoms with E-state index in [4.69, 9.17) is 5.73 Å². The first-order valence-electron chi connectivity index (χ1n) is 8.03. The number of carbonyl (C=O) groups is 1. The lowest BCUT2D eigenvalue weighted by Crippen LogP contribution is -2.51. The molecule has 2 aliphatic rings. The summed E-state index contributed by atoms with van der Waals surface area (Å²) in [6.07, 6.45) is 4.40. The maximum absolute atomic E-state index is 12.6. The molecule has 1 aromatic carbocycles. The van der Waals surface area contributed by atoms with Gasteiger partial charge in [0.05, 0.1) is 6.54 Å². The van der Waals surface area contributed by atoms with E-state index in [1.807, 2.05) is 17.0 Å². The number of piperidine rings is 1. The van der Waals surface area contributed by atoms with Gasteiger partial charge < -0.3 is 15.5 Å². The van der Waals surface area contributed by atoms with Gasteiger partial charge in [-0.2, -0.15) is 0 Å². The number of benzene rings is 1. The summed E-state index contributed by atoms with van der Waals surface area (Å²) >= 11 is 0. The largest absolute Gasteiger partial charge is 0.360 e. The maximum atomic E-state index is 12.6. The zero-order valence-electron chi connectivity index (χ0n) is 12.8. The summed E-state index contributed by atoms with van der Waals surface area (Å²) in [4.78, 5) is 16.8. The van der Waals surface area contributed by atoms with E-state index in [1.54, 1.807) is 0 Å². The maximum Gasteiger partial charge on any atom is 0.242 e. The highest BCUT2D eigenvalue weighted by atomic mass is 16.2. The van der Waals surface area contributed by atoms with Crippen molar-refractivity contribution in [1.82, 2.24) is 4.90 Å². The molecule has 0 aromatic heterocycles. The number of carbonyl (C=O) groups excluding carboxylic acids is 1. The first-order chi connectivity index (χ1) is 10.1. The third-order valence-corrected chi connectivity index (χ3v) is 4.72. The molecule has 0 spiro atoms. The number of amides is 1. The van der Waals surface area contributed by atoms with Crippen LogP contribution in [0.3, 0.4) is 0 Å². The van der Waals surface area contributed by atoms with Crippen molar-refractivity contribution in [2.24, 2.45) is 5.73 Å². The van der Waals surface area contributed by atoms with E-state index >= 15 is 0 Å². The van der Waals surface area contributed by atoms with E-state index in [1.165, 1.54) is 17.7 Å². The van der Waals surface area contributed by atoms with E-state index in [0.29, 0.717) is 12.6 Å². The third kappa shape index (κ3) is 3.05. The van der Waals surface area contributed by atoms with Gasteiger partial charge in [0.15, 0.2) is 0 Å². The lowest BCUT2D eigenvalue weighted by Gasteiger charge is -2.38. The topological polar surface area (TPSA) is 49.6 Å². The van der Waals surface area contributed by atoms with Crippen LogP contribution in [-0.2, 0) is 11.2 Å². The SMILES string of the molecule is CC1CCCCN1C(=O)CN1CC(N)Cc2ccccc21. The Morgan fingerprint density at radius 3 is 2.95 bits per heavy atom. The molecule has 1 amide bonds. The number of para-hydroxylation sites is 1. The Labute approximate surface area is 126 Å². The Morgan fingerprint density at radius 1 is 1.33 bits per heavy atom. The predicted molar refractivity (Wildman–Crippen MR) is 85.4 cm³/mol. The summed E-state index contributed by atoms with van der Waals surface area (Å²) in [6, 6.07) is 8.80. The molecule has 4 nitrogen and oxygen atoms in total. The van der Waals surface area contributed by atoms with Gasteiger partial charge in [-0.3, -0.25) is 4.79 Å². The average molecular weight is 287 g/mol. The zero-order valence-corrected chi connectivity index (χ0v) is 12.8. The molecule has 0 bridgehead atoms. The lowest BCUT2D eigenvalue weighted by molar-refractivity contribution is -0.132. The minimum atomic E-state index is 0.117. The highest BCUT2D eigenvalue weighted by Crippen LogP contribution is 2.26. The predicted octanol–water partition coefficient (Wildman–Crippen LogP) is 1.78. The van der Waals surface area contributed by atoms with Crippen LogP contribution in [0.15, 0.2) is 24.3 Å². The fraction of sp³-hybridized carbons (Fsp3) is 0.588. The van der Waals surface area contributed by atoms with Crippen molar-refractivity contribution in [2.45, 2.75) is 44.7 Å². The summed E-state index contributed by atoms with van der Waals surface area (Å²) in [5, 5.41) is 0. The van der Waals surface area contributed by atoms with Crippen molar-refractivity contribution in [3.05, 3.63) is 29.8 Å². The molecule has 21 heavy (non-hydrogen) atoms. The number of fused-ring (bicyclic) bond motifs is 1. The van der Waals surface area contributed by atoms with Gasteiger partial charge in [0, 0.05) is 30.9 Å². The van der Waals surface area contributed by atoms with E-state index < -0.39 is 0 Å². The Kier molecular flexibility index (Phi) is 4.15. The number of hydrogen-bond donors (Lipinski definition) is 1. The summed E-state index contributed by atoms with van der Waals surface area (Å²) in [5.74, 6) is 0.242. The highest BCUT2D eigenvalue weighted by Gasteiger charge is 2.28. The molecule has 1 saturated heterocycles. The van der Waals surface area contributed by atoms with Crippen LogP contribution in [-0.4, -0.2) is 42.5 Å². The second-order valence-corrected chi connectivity index (χ2v) is 6.41. The summed E-state index contributed by atoms with van der Waals surface area (Å²) in [7, 11) is 0. The molecule has 0 aliphatic carbocycles. The average Bonchev–Trinajstić information content (AvgIpc) is 2.47. The summed E-state index contributed by atoms with van der Waals surface area (Å²) in [5.41, 5.74) is 8.59. The first kappa shape index (κ1) is 14.4. The molecule has 0 saturated carbocycles. The van der Waals surface area contributed by atoms with Crippen LogP contribution in [0.5, 0.6) is 0 Å². The standard InChI is InChI=1S/C17H25N3O/c1-13-6-4-5-9-20(13)17(21)12-19-11-15(18)10-14-7-2-3-8-16(14)19/h2-3,7-8,13,15H,4-6,9-12,18H2,1H3. The van der Waals surface area contributed by atoms with Crippen LogP contribution in [0.1, 0.15) is 31.7 Å². The van der Waals surface area contributed by atoms with E-state index in [-0.39, 0.29) is 11.9 Å². The molecule has 4 heteroatoms. The van der Waals surface area contributed by atoms with Crippen molar-refractivity contribution in [3.8, 4) is 0 Å². The first-order valence-corrected chi connectivity index (χ1v) is 8.03. The molecule has 3 rings (SSSR count). The van der Waals surface area contributed by atoms with Crippen LogP contribution in [0.25, 0.3) is 0 Å². The van der Waals surface area contributed by atoms with E-state index in [9.17, 15) is 4.79 Å². The zero-order chi connectivity index (χ0) is 14.8. The minimum Gasteiger partial charge on any atom is -0.360 e. The number of nitrogens with two attached hydrogens (primary N) is 1. The Morgan fingerprint density at radius 2 is 2.14 bits per heavy atom. The monoisotopic (exact) mass is 287 g/mol. The lowest BCUT2D eigenvalue weighted by atomic mass is 9.98. The molecule has 2 unspecified atom stereocenters. The summed E-state index contributed by atoms with van der Waals surface area (Å²) < 4.78 is 0. The van der Waals surface area contributed by atoms with Gasteiger partial charge in [-0.05, 0) is 44.2 Å². The number of nitrogens with zero attached hydrogens (tertiary/aromatic N) is 2. The smallest absolute Gasteiger partial charge is 0.242 e. The molecule has 114 valence electrons. The molecular formula is C17H25N3O. The second-order valence-electron chi connectivity index (χ2n) is 6.41. The van der Waals surface area contributed by atoms with Gasteiger partial charge in [0.1, 0.15) is 0 Å². The number of anilines is 1. The molecule has 1 aromatic rings. The Balaban J connectivity index is 1.74. The van der Waals surface area contributed by atoms with E-state index in [0.717, 1.165) is 32.4 Å². The second kappa shape index (κ2) is 6.06.